The molecule has 0 rings (SSSR count). The summed E-state index contributed by atoms with van der Waals surface area (Å²) < 4.78 is 6.47. The molecule has 9 heavy (non-hydrogen) atoms. The Kier molecular flexibility index (Phi) is 6.74. The van der Waals surface area contributed by atoms with Gasteiger partial charge in [0.25, 0.3) is 0 Å². The molecule has 0 amide bonds. The van der Waals surface area contributed by atoms with Crippen LogP contribution >= 0.6 is 11.9 Å². The maximum Gasteiger partial charge on any atom is 0.0579 e. The Balaban J connectivity index is 0. The number of hydrogen-bond donors (Lipinski definition) is 1. The van der Waals surface area contributed by atoms with E-state index in [0.717, 1.165) is 5.92 Å². The van der Waals surface area contributed by atoms with E-state index in [0.29, 0.717) is 5.41 Å². The van der Waals surface area contributed by atoms with Crippen LogP contribution in [0.4, 0.5) is 0 Å². The average molecular weight is 153 g/mol. The minimum absolute atomic E-state index is 0.500. The van der Waals surface area contributed by atoms with Gasteiger partial charge in [0.05, 0.1) is 11.9 Å². The summed E-state index contributed by atoms with van der Waals surface area (Å²) in [5.41, 5.74) is 0.500. The third kappa shape index (κ3) is 8.25. The molecule has 0 bridgehead atoms. The second kappa shape index (κ2) is 5.07. The van der Waals surface area contributed by atoms with Crippen LogP contribution in [0.15, 0.2) is 0 Å². The van der Waals surface area contributed by atoms with E-state index in [4.69, 9.17) is 4.66 Å². The molecule has 0 aliphatic heterocycles. The molecule has 0 aromatic heterocycles. The van der Waals surface area contributed by atoms with E-state index in [9.17, 15) is 0 Å². The molecule has 0 saturated carbocycles. The Hall–Kier alpha value is 0.250. The van der Waals surface area contributed by atoms with E-state index in [2.05, 4.69) is 46.5 Å². The number of halogens is 1. The van der Waals surface area contributed by atoms with Gasteiger partial charge in [-0.2, -0.15) is 0 Å². The van der Waals surface area contributed by atoms with Gasteiger partial charge in [-0.15, -0.1) is 0 Å². The third-order valence-corrected chi connectivity index (χ3v) is 1.73. The highest BCUT2D eigenvalue weighted by Crippen LogP contribution is 2.23. The standard InChI is InChI=1S/C7H16.ClHO/c1-6(2)7(3,4)5;1-2/h6H,1-5H3;2H. The lowest BCUT2D eigenvalue weighted by Crippen LogP contribution is -2.12. The fourth-order valence-corrected chi connectivity index (χ4v) is 0. The molecule has 1 N–H and O–H groups in total. The Morgan fingerprint density at radius 1 is 1.11 bits per heavy atom. The zero-order chi connectivity index (χ0) is 8.08. The van der Waals surface area contributed by atoms with Crippen LogP contribution in [-0.4, -0.2) is 4.66 Å². The quantitative estimate of drug-likeness (QED) is 0.566. The van der Waals surface area contributed by atoms with Crippen molar-refractivity contribution in [2.45, 2.75) is 34.6 Å². The molecule has 0 spiro atoms. The van der Waals surface area contributed by atoms with E-state index < -0.39 is 0 Å². The van der Waals surface area contributed by atoms with Gasteiger partial charge in [0.1, 0.15) is 0 Å². The van der Waals surface area contributed by atoms with Gasteiger partial charge < -0.3 is 0 Å². The van der Waals surface area contributed by atoms with Gasteiger partial charge in [0, 0.05) is 0 Å². The van der Waals surface area contributed by atoms with Crippen molar-refractivity contribution in [2.24, 2.45) is 11.3 Å². The smallest absolute Gasteiger partial charge is 0.0579 e. The van der Waals surface area contributed by atoms with Crippen molar-refractivity contribution in [1.82, 2.24) is 0 Å². The van der Waals surface area contributed by atoms with Crippen LogP contribution in [0, 0.1) is 11.3 Å². The molecule has 0 unspecified atom stereocenters. The Labute approximate surface area is 63.2 Å². The predicted octanol–water partition coefficient (Wildman–Crippen LogP) is 2.82. The molecule has 0 aliphatic rings. The predicted molar refractivity (Wildman–Crippen MR) is 42.4 cm³/mol. The van der Waals surface area contributed by atoms with E-state index in [-0.39, 0.29) is 0 Å². The highest BCUT2D eigenvalue weighted by Gasteiger charge is 2.13. The van der Waals surface area contributed by atoms with Gasteiger partial charge in [0.2, 0.25) is 0 Å². The van der Waals surface area contributed by atoms with Crippen LogP contribution in [0.5, 0.6) is 0 Å². The summed E-state index contributed by atoms with van der Waals surface area (Å²) in [6.07, 6.45) is 0. The van der Waals surface area contributed by atoms with Gasteiger partial charge >= 0.3 is 0 Å². The molecule has 0 atom stereocenters. The number of rotatable bonds is 0. The van der Waals surface area contributed by atoms with Crippen molar-refractivity contribution in [1.29, 1.82) is 0 Å². The van der Waals surface area contributed by atoms with E-state index in [1.165, 1.54) is 0 Å². The molecular weight excluding hydrogens is 136 g/mol. The fourth-order valence-electron chi connectivity index (χ4n) is 0. The highest BCUT2D eigenvalue weighted by molar-refractivity contribution is 6.04. The SMILES string of the molecule is CC(C)C(C)(C)C.OCl. The summed E-state index contributed by atoms with van der Waals surface area (Å²) in [4.78, 5) is 0. The zero-order valence-electron chi connectivity index (χ0n) is 6.90. The van der Waals surface area contributed by atoms with Gasteiger partial charge in [0.15, 0.2) is 0 Å². The molecular formula is C7H17ClO. The molecule has 0 aromatic rings. The lowest BCUT2D eigenvalue weighted by atomic mass is 9.84. The second-order valence-electron chi connectivity index (χ2n) is 3.52. The van der Waals surface area contributed by atoms with Gasteiger partial charge in [-0.05, 0) is 11.3 Å². The largest absolute Gasteiger partial charge is 0.295 e. The maximum absolute atomic E-state index is 6.47. The van der Waals surface area contributed by atoms with Crippen molar-refractivity contribution in [3.05, 3.63) is 0 Å². The lowest BCUT2D eigenvalue weighted by Gasteiger charge is -2.22. The van der Waals surface area contributed by atoms with Crippen molar-refractivity contribution < 1.29 is 4.66 Å². The third-order valence-electron chi connectivity index (χ3n) is 1.73. The fraction of sp³-hybridized carbons (Fsp3) is 1.00. The second-order valence-corrected chi connectivity index (χ2v) is 3.52. The molecule has 0 saturated heterocycles. The summed E-state index contributed by atoms with van der Waals surface area (Å²) in [5.74, 6) is 0.799. The number of hydrogen-bond acceptors (Lipinski definition) is 1. The molecule has 0 fully saturated rings. The molecule has 0 radical (unpaired) electrons. The van der Waals surface area contributed by atoms with E-state index in [1.807, 2.05) is 0 Å². The summed E-state index contributed by atoms with van der Waals surface area (Å²) in [5, 5.41) is 0. The van der Waals surface area contributed by atoms with Gasteiger partial charge in [-0.3, -0.25) is 4.66 Å². The first-order valence-electron chi connectivity index (χ1n) is 3.11. The molecule has 2 heteroatoms. The molecule has 0 heterocycles. The highest BCUT2D eigenvalue weighted by atomic mass is 35.5. The van der Waals surface area contributed by atoms with Crippen LogP contribution in [0.2, 0.25) is 0 Å². The van der Waals surface area contributed by atoms with Gasteiger partial charge in [-0.1, -0.05) is 34.6 Å². The molecule has 0 aromatic carbocycles. The monoisotopic (exact) mass is 152 g/mol. The van der Waals surface area contributed by atoms with Crippen LogP contribution in [0.3, 0.4) is 0 Å². The topological polar surface area (TPSA) is 20.2 Å². The lowest BCUT2D eigenvalue weighted by molar-refractivity contribution is 0.283. The van der Waals surface area contributed by atoms with Gasteiger partial charge in [-0.25, -0.2) is 0 Å². The first-order chi connectivity index (χ1) is 3.94. The van der Waals surface area contributed by atoms with Crippen molar-refractivity contribution in [2.75, 3.05) is 0 Å². The summed E-state index contributed by atoms with van der Waals surface area (Å²) >= 11 is 3.64. The Morgan fingerprint density at radius 3 is 1.22 bits per heavy atom. The summed E-state index contributed by atoms with van der Waals surface area (Å²) in [6, 6.07) is 0. The van der Waals surface area contributed by atoms with Crippen molar-refractivity contribution in [3.63, 3.8) is 0 Å². The maximum atomic E-state index is 6.47. The molecule has 58 valence electrons. The van der Waals surface area contributed by atoms with E-state index >= 15 is 0 Å². The zero-order valence-corrected chi connectivity index (χ0v) is 7.66. The minimum atomic E-state index is 0.500. The normalized spacial score (nSPS) is 10.7. The summed E-state index contributed by atoms with van der Waals surface area (Å²) in [7, 11) is 0. The van der Waals surface area contributed by atoms with Crippen LogP contribution in [0.1, 0.15) is 34.6 Å². The molecule has 0 aliphatic carbocycles. The van der Waals surface area contributed by atoms with Crippen LogP contribution < -0.4 is 0 Å². The first-order valence-corrected chi connectivity index (χ1v) is 3.45. The van der Waals surface area contributed by atoms with Crippen LogP contribution in [-0.2, 0) is 0 Å². The Bertz CT molecular complexity index is 54.4. The average Bonchev–Trinajstić information content (AvgIpc) is 1.69. The van der Waals surface area contributed by atoms with E-state index in [1.54, 1.807) is 0 Å². The first kappa shape index (κ1) is 12.0. The van der Waals surface area contributed by atoms with Crippen molar-refractivity contribution >= 4 is 11.9 Å². The Morgan fingerprint density at radius 2 is 1.22 bits per heavy atom. The summed E-state index contributed by atoms with van der Waals surface area (Å²) in [6.45, 7) is 11.3. The van der Waals surface area contributed by atoms with Crippen LogP contribution in [0.25, 0.3) is 0 Å². The van der Waals surface area contributed by atoms with Crippen molar-refractivity contribution in [3.8, 4) is 0 Å². The molecule has 1 nitrogen and oxygen atoms in total. The minimum Gasteiger partial charge on any atom is -0.295 e.